The van der Waals surface area contributed by atoms with Gasteiger partial charge in [0.1, 0.15) is 12.2 Å². The van der Waals surface area contributed by atoms with E-state index in [0.29, 0.717) is 10.8 Å². The van der Waals surface area contributed by atoms with Gasteiger partial charge in [0.15, 0.2) is 0 Å². The fourth-order valence-electron chi connectivity index (χ4n) is 4.92. The molecule has 3 N–H and O–H groups in total. The van der Waals surface area contributed by atoms with Crippen molar-refractivity contribution in [2.45, 2.75) is 25.3 Å². The number of nitrogens with zero attached hydrogens (tertiary/aromatic N) is 6. The molecule has 184 valence electrons. The topological polar surface area (TPSA) is 137 Å². The number of pyridine rings is 1. The summed E-state index contributed by atoms with van der Waals surface area (Å²) in [6.45, 7) is 0. The third kappa shape index (κ3) is 4.31. The Bertz CT molecular complexity index is 1690. The zero-order valence-electron chi connectivity index (χ0n) is 19.5. The molecule has 0 saturated heterocycles. The summed E-state index contributed by atoms with van der Waals surface area (Å²) < 4.78 is 3.33. The number of fused-ring (bicyclic) bond motifs is 1. The van der Waals surface area contributed by atoms with Crippen LogP contribution < -0.4 is 11.3 Å². The first-order chi connectivity index (χ1) is 18.0. The summed E-state index contributed by atoms with van der Waals surface area (Å²) >= 11 is 6.30. The molecule has 0 spiro atoms. The van der Waals surface area contributed by atoms with E-state index in [1.807, 2.05) is 42.5 Å². The van der Waals surface area contributed by atoms with Crippen molar-refractivity contribution in [1.82, 2.24) is 34.7 Å². The molecule has 10 nitrogen and oxygen atoms in total. The first-order valence-corrected chi connectivity index (χ1v) is 12.1. The van der Waals surface area contributed by atoms with E-state index in [2.05, 4.69) is 25.5 Å². The Morgan fingerprint density at radius 3 is 2.84 bits per heavy atom. The number of H-pyrrole nitrogens is 1. The van der Waals surface area contributed by atoms with Crippen molar-refractivity contribution in [3.8, 4) is 28.1 Å². The SMILES string of the molecule is NC(=O)Cc1cccc(-c2cnc([C@@H]3CCc4cc(-c5cc(Cl)ccc5-n5cnnn5)cc(=O)n43)[nH]2)c1. The number of aryl methyl sites for hydroxylation is 1. The van der Waals surface area contributed by atoms with Gasteiger partial charge in [-0.2, -0.15) is 4.68 Å². The van der Waals surface area contributed by atoms with Gasteiger partial charge in [-0.25, -0.2) is 4.98 Å². The number of carbonyl (C=O) groups excluding carboxylic acids is 1. The predicted octanol–water partition coefficient (Wildman–Crippen LogP) is 3.10. The number of nitrogens with one attached hydrogen (secondary N) is 1. The minimum absolute atomic E-state index is 0.126. The summed E-state index contributed by atoms with van der Waals surface area (Å²) in [5.74, 6) is 0.327. The molecule has 6 rings (SSSR count). The monoisotopic (exact) mass is 512 g/mol. The quantitative estimate of drug-likeness (QED) is 0.358. The van der Waals surface area contributed by atoms with Crippen molar-refractivity contribution in [3.05, 3.63) is 99.6 Å². The number of carbonyl (C=O) groups is 1. The number of aromatic nitrogens is 7. The zero-order valence-corrected chi connectivity index (χ0v) is 20.3. The minimum atomic E-state index is -0.383. The summed E-state index contributed by atoms with van der Waals surface area (Å²) in [4.78, 5) is 32.7. The van der Waals surface area contributed by atoms with Crippen molar-refractivity contribution in [1.29, 1.82) is 0 Å². The van der Waals surface area contributed by atoms with Crippen molar-refractivity contribution < 1.29 is 4.79 Å². The first-order valence-electron chi connectivity index (χ1n) is 11.7. The number of rotatable bonds is 6. The van der Waals surface area contributed by atoms with Crippen LogP contribution in [0.1, 0.15) is 29.5 Å². The molecule has 11 heteroatoms. The maximum Gasteiger partial charge on any atom is 0.252 e. The van der Waals surface area contributed by atoms with Crippen molar-refractivity contribution in [3.63, 3.8) is 0 Å². The number of halogens is 1. The molecular formula is C26H21ClN8O2. The molecule has 0 bridgehead atoms. The zero-order chi connectivity index (χ0) is 25.5. The minimum Gasteiger partial charge on any atom is -0.369 e. The molecule has 0 aliphatic carbocycles. The molecule has 5 aromatic rings. The number of tetrazole rings is 1. The molecule has 3 aromatic heterocycles. The molecule has 1 aliphatic rings. The number of primary amides is 1. The number of imidazole rings is 1. The van der Waals surface area contributed by atoms with Crippen LogP contribution in [-0.4, -0.2) is 40.6 Å². The average Bonchev–Trinajstić information content (AvgIpc) is 3.64. The summed E-state index contributed by atoms with van der Waals surface area (Å²) in [6.07, 6.45) is 4.88. The largest absolute Gasteiger partial charge is 0.369 e. The van der Waals surface area contributed by atoms with E-state index in [1.54, 1.807) is 27.6 Å². The second-order valence-electron chi connectivity index (χ2n) is 8.94. The summed E-state index contributed by atoms with van der Waals surface area (Å²) in [5, 5.41) is 12.0. The molecule has 4 heterocycles. The molecule has 1 atom stereocenters. The molecule has 0 saturated carbocycles. The van der Waals surface area contributed by atoms with E-state index in [-0.39, 0.29) is 23.9 Å². The number of amides is 1. The lowest BCUT2D eigenvalue weighted by Gasteiger charge is -2.15. The van der Waals surface area contributed by atoms with Gasteiger partial charge < -0.3 is 15.3 Å². The lowest BCUT2D eigenvalue weighted by molar-refractivity contribution is -0.117. The van der Waals surface area contributed by atoms with Crippen molar-refractivity contribution in [2.24, 2.45) is 5.73 Å². The van der Waals surface area contributed by atoms with Crippen LogP contribution in [0.5, 0.6) is 0 Å². The number of aromatic amines is 1. The second kappa shape index (κ2) is 9.14. The molecule has 0 radical (unpaired) electrons. The number of hydrogen-bond donors (Lipinski definition) is 2. The highest BCUT2D eigenvalue weighted by molar-refractivity contribution is 6.31. The van der Waals surface area contributed by atoms with Crippen molar-refractivity contribution >= 4 is 17.5 Å². The average molecular weight is 513 g/mol. The number of hydrogen-bond acceptors (Lipinski definition) is 6. The Hall–Kier alpha value is -4.57. The maximum absolute atomic E-state index is 13.4. The van der Waals surface area contributed by atoms with E-state index in [1.165, 1.54) is 6.33 Å². The normalized spacial score (nSPS) is 14.6. The van der Waals surface area contributed by atoms with Crippen molar-refractivity contribution in [2.75, 3.05) is 0 Å². The van der Waals surface area contributed by atoms with Gasteiger partial charge in [0.25, 0.3) is 5.56 Å². The highest BCUT2D eigenvalue weighted by atomic mass is 35.5. The fraction of sp³-hybridized carbons (Fsp3) is 0.154. The lowest BCUT2D eigenvalue weighted by Crippen LogP contribution is -2.23. The van der Waals surface area contributed by atoms with Crippen LogP contribution in [0.3, 0.4) is 0 Å². The molecule has 0 unspecified atom stereocenters. The fourth-order valence-corrected chi connectivity index (χ4v) is 5.10. The van der Waals surface area contributed by atoms with Gasteiger partial charge >= 0.3 is 0 Å². The summed E-state index contributed by atoms with van der Waals surface area (Å²) in [7, 11) is 0. The van der Waals surface area contributed by atoms with Crippen LogP contribution in [0, 0.1) is 0 Å². The van der Waals surface area contributed by atoms with Crippen LogP contribution in [0.4, 0.5) is 0 Å². The van der Waals surface area contributed by atoms with Gasteiger partial charge in [-0.15, -0.1) is 5.10 Å². The lowest BCUT2D eigenvalue weighted by atomic mass is 10.0. The van der Waals surface area contributed by atoms with Gasteiger partial charge in [-0.3, -0.25) is 9.59 Å². The van der Waals surface area contributed by atoms with Crippen LogP contribution in [0.25, 0.3) is 28.1 Å². The van der Waals surface area contributed by atoms with Gasteiger partial charge in [0, 0.05) is 22.3 Å². The van der Waals surface area contributed by atoms with E-state index in [0.717, 1.165) is 52.2 Å². The maximum atomic E-state index is 13.4. The number of nitrogens with two attached hydrogens (primary N) is 1. The van der Waals surface area contributed by atoms with Crippen LogP contribution >= 0.6 is 11.6 Å². The molecule has 2 aromatic carbocycles. The molecule has 37 heavy (non-hydrogen) atoms. The Morgan fingerprint density at radius 2 is 2.03 bits per heavy atom. The van der Waals surface area contributed by atoms with E-state index in [9.17, 15) is 9.59 Å². The van der Waals surface area contributed by atoms with E-state index < -0.39 is 0 Å². The van der Waals surface area contributed by atoms with Gasteiger partial charge in [-0.1, -0.05) is 29.8 Å². The smallest absolute Gasteiger partial charge is 0.252 e. The van der Waals surface area contributed by atoms with Gasteiger partial charge in [0.05, 0.1) is 30.0 Å². The van der Waals surface area contributed by atoms with Crippen LogP contribution in [0.15, 0.2) is 71.9 Å². The summed E-state index contributed by atoms with van der Waals surface area (Å²) in [5.41, 5.74) is 10.9. The van der Waals surface area contributed by atoms with E-state index in [4.69, 9.17) is 17.3 Å². The second-order valence-corrected chi connectivity index (χ2v) is 9.38. The predicted molar refractivity (Wildman–Crippen MR) is 137 cm³/mol. The number of benzene rings is 2. The standard InChI is InChI=1S/C26H21ClN8O2/c27-18-4-6-22(34-14-30-32-33-34)20(12-18)17-10-19-5-7-23(35(19)25(37)11-17)26-29-13-21(31-26)16-3-1-2-15(8-16)9-24(28)36/h1-4,6,8,10-14,23H,5,7,9H2,(H2,28,36)(H,29,31)/t23-/m0/s1. The van der Waals surface area contributed by atoms with E-state index >= 15 is 0 Å². The van der Waals surface area contributed by atoms with Crippen LogP contribution in [-0.2, 0) is 17.6 Å². The highest BCUT2D eigenvalue weighted by Crippen LogP contribution is 2.34. The first kappa shape index (κ1) is 22.9. The highest BCUT2D eigenvalue weighted by Gasteiger charge is 2.28. The Morgan fingerprint density at radius 1 is 1.14 bits per heavy atom. The molecule has 0 fully saturated rings. The third-order valence-electron chi connectivity index (χ3n) is 6.53. The molecular weight excluding hydrogens is 492 g/mol. The molecule has 1 aliphatic heterocycles. The van der Waals surface area contributed by atoms with Gasteiger partial charge in [-0.05, 0) is 70.3 Å². The summed E-state index contributed by atoms with van der Waals surface area (Å²) in [6, 6.07) is 16.4. The Kier molecular flexibility index (Phi) is 5.65. The van der Waals surface area contributed by atoms with Crippen LogP contribution in [0.2, 0.25) is 5.02 Å². The Balaban J connectivity index is 1.35. The third-order valence-corrected chi connectivity index (χ3v) is 6.76. The molecule has 1 amide bonds. The van der Waals surface area contributed by atoms with Gasteiger partial charge in [0.2, 0.25) is 5.91 Å². The Labute approximate surface area is 215 Å².